The molecule has 4 fully saturated rings. The topological polar surface area (TPSA) is 187 Å². The van der Waals surface area contributed by atoms with Crippen molar-refractivity contribution in [3.8, 4) is 0 Å². The Kier molecular flexibility index (Phi) is 13.0. The van der Waals surface area contributed by atoms with Crippen LogP contribution in [0.5, 0.6) is 0 Å². The van der Waals surface area contributed by atoms with Gasteiger partial charge >= 0.3 is 6.03 Å². The summed E-state index contributed by atoms with van der Waals surface area (Å²) in [7, 11) is 0. The molecule has 4 heterocycles. The van der Waals surface area contributed by atoms with Crippen LogP contribution in [0.3, 0.4) is 0 Å². The molecule has 0 spiro atoms. The summed E-state index contributed by atoms with van der Waals surface area (Å²) in [5, 5.41) is 11.2. The fraction of sp³-hybridized carbons (Fsp3) is 0.548. The van der Waals surface area contributed by atoms with Gasteiger partial charge < -0.3 is 45.5 Å². The van der Waals surface area contributed by atoms with Crippen LogP contribution < -0.4 is 21.3 Å². The average Bonchev–Trinajstić information content (AvgIpc) is 3.82. The van der Waals surface area contributed by atoms with Crippen molar-refractivity contribution < 1.29 is 38.3 Å². The Morgan fingerprint density at radius 1 is 0.912 bits per heavy atom. The van der Waals surface area contributed by atoms with Crippen LogP contribution >= 0.6 is 0 Å². The molecule has 4 aliphatic heterocycles. The zero-order valence-corrected chi connectivity index (χ0v) is 33.3. The van der Waals surface area contributed by atoms with Crippen molar-refractivity contribution in [2.24, 2.45) is 5.92 Å². The van der Waals surface area contributed by atoms with E-state index in [1.165, 1.54) is 14.7 Å². The number of nitrogens with zero attached hydrogens (tertiary/aromatic N) is 3. The Morgan fingerprint density at radius 2 is 1.63 bits per heavy atom. The van der Waals surface area contributed by atoms with Crippen LogP contribution in [-0.4, -0.2) is 125 Å². The minimum absolute atomic E-state index is 0.0683. The van der Waals surface area contributed by atoms with E-state index in [2.05, 4.69) is 21.3 Å². The van der Waals surface area contributed by atoms with Gasteiger partial charge in [-0.15, -0.1) is 0 Å². The number of anilines is 1. The van der Waals surface area contributed by atoms with E-state index in [1.807, 2.05) is 57.2 Å². The maximum atomic E-state index is 14.6. The van der Waals surface area contributed by atoms with Gasteiger partial charge in [-0.1, -0.05) is 54.4 Å². The Hall–Kier alpha value is -5.31. The third-order valence-electron chi connectivity index (χ3n) is 11.6. The second-order valence-electron chi connectivity index (χ2n) is 16.2. The third-order valence-corrected chi connectivity index (χ3v) is 11.6. The van der Waals surface area contributed by atoms with E-state index in [1.54, 1.807) is 19.1 Å². The van der Waals surface area contributed by atoms with Crippen LogP contribution in [0.4, 0.5) is 10.5 Å². The molecule has 306 valence electrons. The molecule has 0 bridgehead atoms. The molecule has 7 amide bonds. The summed E-state index contributed by atoms with van der Waals surface area (Å²) in [5.74, 6) is -2.58. The van der Waals surface area contributed by atoms with Gasteiger partial charge in [0.25, 0.3) is 0 Å². The molecule has 0 saturated carbocycles. The molecule has 2 aromatic carbocycles. The molecule has 1 unspecified atom stereocenters. The average molecular weight is 786 g/mol. The summed E-state index contributed by atoms with van der Waals surface area (Å²) in [6.07, 6.45) is 3.76. The van der Waals surface area contributed by atoms with E-state index in [0.717, 1.165) is 16.7 Å². The van der Waals surface area contributed by atoms with E-state index >= 15 is 0 Å². The van der Waals surface area contributed by atoms with Gasteiger partial charge in [-0.05, 0) is 82.9 Å². The molecule has 0 radical (unpaired) electrons. The van der Waals surface area contributed by atoms with Crippen LogP contribution in [0.2, 0.25) is 0 Å². The molecule has 4 saturated heterocycles. The van der Waals surface area contributed by atoms with Crippen molar-refractivity contribution in [3.05, 3.63) is 65.2 Å². The van der Waals surface area contributed by atoms with Gasteiger partial charge in [-0.2, -0.15) is 0 Å². The molecule has 15 nitrogen and oxygen atoms in total. The first-order valence-corrected chi connectivity index (χ1v) is 20.1. The maximum absolute atomic E-state index is 14.6. The number of hydrogen-bond acceptors (Lipinski definition) is 8. The normalized spacial score (nSPS) is 27.8. The lowest BCUT2D eigenvalue weighted by molar-refractivity contribution is -0.153. The standard InChI is InChI=1S/C42H55N7O8/c1-26-13-15-31(16-14-26)44-41(56)46-32(20-30-10-7-9-27(2)19-30)36(51)45-33-23-57-25-42(24-50)21-28(3)22-49(42)38(53)29(4)43-37(52)34-11-5-6-17-47(34)40(55)35-12-8-18-48(35)39(33)54/h7,9-10,13-16,19,24,28-29,32-35H,5-6,8,11-12,17-18,20-23,25H2,1-4H3,(H,43,52)(H,45,51)(H2,44,46,56)/t28-,29-,32-,33-,34-,35-,42?/m0/s1. The second kappa shape index (κ2) is 17.9. The molecule has 2 aromatic rings. The minimum Gasteiger partial charge on any atom is -0.376 e. The predicted molar refractivity (Wildman–Crippen MR) is 211 cm³/mol. The molecular formula is C42H55N7O8. The van der Waals surface area contributed by atoms with Crippen molar-refractivity contribution in [1.29, 1.82) is 0 Å². The van der Waals surface area contributed by atoms with Crippen LogP contribution in [0, 0.1) is 19.8 Å². The Balaban J connectivity index is 1.31. The SMILES string of the molecule is Cc1ccc(NC(=O)N[C@@H](Cc2cccc(C)c2)C(=O)N[C@H]2COCC3(C=O)C[C@H](C)CN3C(=O)[C@H](C)NC(=O)[C@@H]3CCCCN3C(=O)[C@@H]3CCCN3C2=O)cc1. The van der Waals surface area contributed by atoms with E-state index in [4.69, 9.17) is 4.74 Å². The molecule has 0 aromatic heterocycles. The first-order valence-electron chi connectivity index (χ1n) is 20.1. The number of benzene rings is 2. The summed E-state index contributed by atoms with van der Waals surface area (Å²) in [6, 6.07) is 8.93. The van der Waals surface area contributed by atoms with Gasteiger partial charge in [0.2, 0.25) is 29.5 Å². The fourth-order valence-corrected chi connectivity index (χ4v) is 8.66. The van der Waals surface area contributed by atoms with E-state index in [-0.39, 0.29) is 44.5 Å². The monoisotopic (exact) mass is 785 g/mol. The lowest BCUT2D eigenvalue weighted by atomic mass is 9.95. The summed E-state index contributed by atoms with van der Waals surface area (Å²) in [4.78, 5) is 102. The fourth-order valence-electron chi connectivity index (χ4n) is 8.66. The van der Waals surface area contributed by atoms with Crippen molar-refractivity contribution in [3.63, 3.8) is 0 Å². The number of amides is 7. The maximum Gasteiger partial charge on any atom is 0.319 e. The number of carbonyl (C=O) groups is 7. The van der Waals surface area contributed by atoms with Crippen LogP contribution in [-0.2, 0) is 39.9 Å². The first kappa shape index (κ1) is 41.3. The van der Waals surface area contributed by atoms with E-state index < -0.39 is 65.4 Å². The van der Waals surface area contributed by atoms with Gasteiger partial charge in [0, 0.05) is 31.7 Å². The number of carbonyl (C=O) groups excluding carboxylic acids is 7. The highest BCUT2D eigenvalue weighted by Crippen LogP contribution is 2.33. The zero-order chi connectivity index (χ0) is 40.9. The number of urea groups is 1. The highest BCUT2D eigenvalue weighted by molar-refractivity contribution is 5.98. The van der Waals surface area contributed by atoms with Crippen molar-refractivity contribution in [1.82, 2.24) is 30.7 Å². The van der Waals surface area contributed by atoms with Gasteiger partial charge in [0.15, 0.2) is 0 Å². The number of rotatable bonds is 7. The van der Waals surface area contributed by atoms with Crippen molar-refractivity contribution >= 4 is 47.5 Å². The third kappa shape index (κ3) is 9.46. The van der Waals surface area contributed by atoms with Gasteiger partial charge in [-0.3, -0.25) is 24.0 Å². The quantitative estimate of drug-likeness (QED) is 0.308. The number of ether oxygens (including phenoxy) is 1. The summed E-state index contributed by atoms with van der Waals surface area (Å²) in [5.41, 5.74) is 1.90. The highest BCUT2D eigenvalue weighted by atomic mass is 16.5. The highest BCUT2D eigenvalue weighted by Gasteiger charge is 2.49. The molecule has 7 atom stereocenters. The van der Waals surface area contributed by atoms with Crippen LogP contribution in [0.1, 0.15) is 69.1 Å². The molecule has 4 aliphatic rings. The number of piperidine rings is 1. The lowest BCUT2D eigenvalue weighted by Gasteiger charge is -2.40. The van der Waals surface area contributed by atoms with E-state index in [0.29, 0.717) is 57.0 Å². The minimum atomic E-state index is -1.38. The molecule has 57 heavy (non-hydrogen) atoms. The van der Waals surface area contributed by atoms with Gasteiger partial charge in [0.05, 0.1) is 13.2 Å². The second-order valence-corrected chi connectivity index (χ2v) is 16.2. The van der Waals surface area contributed by atoms with Crippen molar-refractivity contribution in [2.75, 3.05) is 38.2 Å². The molecular weight excluding hydrogens is 731 g/mol. The smallest absolute Gasteiger partial charge is 0.319 e. The number of fused-ring (bicyclic) bond motifs is 3. The Bertz CT molecular complexity index is 1860. The van der Waals surface area contributed by atoms with Gasteiger partial charge in [-0.25, -0.2) is 4.79 Å². The van der Waals surface area contributed by atoms with E-state index in [9.17, 15) is 33.6 Å². The molecule has 4 N–H and O–H groups in total. The number of hydrogen-bond donors (Lipinski definition) is 4. The Labute approximate surface area is 333 Å². The van der Waals surface area contributed by atoms with Crippen LogP contribution in [0.25, 0.3) is 0 Å². The van der Waals surface area contributed by atoms with Crippen LogP contribution in [0.15, 0.2) is 48.5 Å². The summed E-state index contributed by atoms with van der Waals surface area (Å²) < 4.78 is 6.15. The largest absolute Gasteiger partial charge is 0.376 e. The molecule has 0 aliphatic carbocycles. The Morgan fingerprint density at radius 3 is 2.37 bits per heavy atom. The number of aldehydes is 1. The lowest BCUT2D eigenvalue weighted by Crippen LogP contribution is -2.63. The van der Waals surface area contributed by atoms with Crippen molar-refractivity contribution in [2.45, 2.75) is 108 Å². The number of nitrogens with one attached hydrogen (secondary N) is 4. The molecule has 6 rings (SSSR count). The van der Waals surface area contributed by atoms with Gasteiger partial charge in [0.1, 0.15) is 42.0 Å². The number of aryl methyl sites for hydroxylation is 2. The summed E-state index contributed by atoms with van der Waals surface area (Å²) in [6.45, 7) is 7.50. The predicted octanol–water partition coefficient (Wildman–Crippen LogP) is 2.23. The molecule has 15 heteroatoms. The summed E-state index contributed by atoms with van der Waals surface area (Å²) >= 11 is 0. The first-order chi connectivity index (χ1) is 27.3. The zero-order valence-electron chi connectivity index (χ0n) is 33.3.